The lowest BCUT2D eigenvalue weighted by Gasteiger charge is -2.56. The molecular weight excluding hydrogens is 565 g/mol. The van der Waals surface area contributed by atoms with Gasteiger partial charge in [-0.15, -0.1) is 4.85 Å². The number of hydrogen-bond donors (Lipinski definition) is 0. The summed E-state index contributed by atoms with van der Waals surface area (Å²) in [6.07, 6.45) is 0.800. The van der Waals surface area contributed by atoms with Crippen molar-refractivity contribution in [3.63, 3.8) is 0 Å². The van der Waals surface area contributed by atoms with Crippen molar-refractivity contribution in [1.29, 1.82) is 0 Å². The normalized spacial score (nSPS) is 24.2. The van der Waals surface area contributed by atoms with Gasteiger partial charge in [0.15, 0.2) is 7.51 Å². The quantitative estimate of drug-likeness (QED) is 0.0665. The SMILES string of the molecule is CCO[Si](CCCN=NN=P12N(CC(C)(C)C)CCN(CCN1CC(C)(C)C)CCN2CC(C)(C)C)(OCC)OCC. The molecule has 0 atom stereocenters. The van der Waals surface area contributed by atoms with Crippen molar-refractivity contribution in [3.8, 4) is 0 Å². The summed E-state index contributed by atoms with van der Waals surface area (Å²) < 4.78 is 26.3. The van der Waals surface area contributed by atoms with Gasteiger partial charge in [-0.3, -0.25) is 4.90 Å². The van der Waals surface area contributed by atoms with Crippen LogP contribution in [0.25, 0.3) is 0 Å². The Morgan fingerprint density at radius 1 is 0.619 bits per heavy atom. The molecule has 0 amide bonds. The van der Waals surface area contributed by atoms with E-state index in [2.05, 4.69) is 86.3 Å². The van der Waals surface area contributed by atoms with Gasteiger partial charge < -0.3 is 13.3 Å². The van der Waals surface area contributed by atoms with Crippen LogP contribution in [0.2, 0.25) is 6.04 Å². The summed E-state index contributed by atoms with van der Waals surface area (Å²) in [4.78, 5) is 8.07. The lowest BCUT2D eigenvalue weighted by atomic mass is 9.97. The Hall–Kier alpha value is -0.233. The zero-order valence-corrected chi connectivity index (χ0v) is 31.3. The standard InChI is InChI=1S/C30H66N7O3PSi/c1-13-38-42(39-14-2,40-15-3)24-16-17-31-32-33-41-35(25-28(4,5)6)21-18-34(19-22-36(41)26-29(7,8)9)20-23-37(41)27-30(10,11)12/h13-27H2,1-12H3. The fourth-order valence-electron chi connectivity index (χ4n) is 5.87. The van der Waals surface area contributed by atoms with Crippen LogP contribution in [0.15, 0.2) is 15.2 Å². The highest BCUT2D eigenvalue weighted by molar-refractivity contribution is 7.59. The molecule has 3 aliphatic heterocycles. The third-order valence-corrected chi connectivity index (χ3v) is 14.0. The number of nitrogens with zero attached hydrogens (tertiary/aromatic N) is 7. The van der Waals surface area contributed by atoms with Gasteiger partial charge >= 0.3 is 8.80 Å². The molecule has 2 bridgehead atoms. The first-order valence-corrected chi connectivity index (χ1v) is 19.9. The van der Waals surface area contributed by atoms with Crippen LogP contribution in [0.5, 0.6) is 0 Å². The van der Waals surface area contributed by atoms with E-state index in [1.54, 1.807) is 0 Å². The van der Waals surface area contributed by atoms with Crippen LogP contribution >= 0.6 is 7.51 Å². The van der Waals surface area contributed by atoms with Gasteiger partial charge in [0.1, 0.15) is 0 Å². The second-order valence-electron chi connectivity index (χ2n) is 15.4. The maximum atomic E-state index is 6.05. The van der Waals surface area contributed by atoms with E-state index in [-0.39, 0.29) is 16.2 Å². The van der Waals surface area contributed by atoms with E-state index in [9.17, 15) is 0 Å². The molecule has 0 aromatic rings. The fraction of sp³-hybridized carbons (Fsp3) is 1.00. The summed E-state index contributed by atoms with van der Waals surface area (Å²) in [5.74, 6) is 0. The summed E-state index contributed by atoms with van der Waals surface area (Å²) in [5.41, 5.74) is 0.398. The van der Waals surface area contributed by atoms with E-state index >= 15 is 0 Å². The van der Waals surface area contributed by atoms with Crippen LogP contribution in [0, 0.1) is 16.2 Å². The predicted octanol–water partition coefficient (Wildman–Crippen LogP) is 7.11. The van der Waals surface area contributed by atoms with Gasteiger partial charge in [0.2, 0.25) is 0 Å². The smallest absolute Gasteiger partial charge is 0.374 e. The van der Waals surface area contributed by atoms with Crippen LogP contribution in [0.1, 0.15) is 89.5 Å². The Kier molecular flexibility index (Phi) is 14.8. The maximum Gasteiger partial charge on any atom is 0.500 e. The zero-order chi connectivity index (χ0) is 31.7. The second-order valence-corrected chi connectivity index (χ2v) is 21.0. The van der Waals surface area contributed by atoms with Gasteiger partial charge in [0.05, 0.1) is 6.54 Å². The highest BCUT2D eigenvalue weighted by Crippen LogP contribution is 2.62. The summed E-state index contributed by atoms with van der Waals surface area (Å²) >= 11 is 0. The Morgan fingerprint density at radius 2 is 1.00 bits per heavy atom. The van der Waals surface area contributed by atoms with Gasteiger partial charge in [0, 0.05) is 84.8 Å². The largest absolute Gasteiger partial charge is 0.500 e. The molecule has 0 aliphatic carbocycles. The van der Waals surface area contributed by atoms with Crippen LogP contribution in [-0.4, -0.2) is 113 Å². The van der Waals surface area contributed by atoms with E-state index in [1.165, 1.54) is 0 Å². The highest BCUT2D eigenvalue weighted by Gasteiger charge is 2.47. The van der Waals surface area contributed by atoms with Crippen molar-refractivity contribution in [2.75, 3.05) is 85.3 Å². The van der Waals surface area contributed by atoms with Crippen molar-refractivity contribution in [3.05, 3.63) is 0 Å². The van der Waals surface area contributed by atoms with Crippen molar-refractivity contribution in [2.45, 2.75) is 95.5 Å². The number of hydrogen-bond acceptors (Lipinski definition) is 5. The minimum Gasteiger partial charge on any atom is -0.374 e. The summed E-state index contributed by atoms with van der Waals surface area (Å²) in [6, 6.07) is 0.736. The van der Waals surface area contributed by atoms with Crippen LogP contribution in [0.3, 0.4) is 0 Å². The fourth-order valence-corrected chi connectivity index (χ4v) is 13.0. The van der Waals surface area contributed by atoms with E-state index < -0.39 is 16.3 Å². The molecule has 3 rings (SSSR count). The molecule has 3 heterocycles. The second kappa shape index (κ2) is 16.4. The lowest BCUT2D eigenvalue weighted by Crippen LogP contribution is -2.57. The maximum absolute atomic E-state index is 6.05. The third-order valence-electron chi connectivity index (χ3n) is 7.19. The Bertz CT molecular complexity index is 793. The van der Waals surface area contributed by atoms with Gasteiger partial charge in [-0.1, -0.05) is 62.3 Å². The molecule has 42 heavy (non-hydrogen) atoms. The van der Waals surface area contributed by atoms with Crippen molar-refractivity contribution in [1.82, 2.24) is 18.9 Å². The monoisotopic (exact) mass is 631 g/mol. The van der Waals surface area contributed by atoms with Crippen molar-refractivity contribution in [2.24, 2.45) is 31.4 Å². The molecule has 10 nitrogen and oxygen atoms in total. The van der Waals surface area contributed by atoms with E-state index in [1.807, 2.05) is 20.8 Å². The van der Waals surface area contributed by atoms with Gasteiger partial charge in [0.25, 0.3) is 0 Å². The van der Waals surface area contributed by atoms with Crippen molar-refractivity contribution < 1.29 is 13.3 Å². The molecule has 248 valence electrons. The average Bonchev–Trinajstić information content (AvgIpc) is 2.82. The van der Waals surface area contributed by atoms with Gasteiger partial charge in [-0.05, 0) is 48.7 Å². The predicted molar refractivity (Wildman–Crippen MR) is 179 cm³/mol. The van der Waals surface area contributed by atoms with Crippen LogP contribution in [-0.2, 0) is 13.3 Å². The van der Waals surface area contributed by atoms with Crippen LogP contribution in [0.4, 0.5) is 0 Å². The van der Waals surface area contributed by atoms with Gasteiger partial charge in [-0.25, -0.2) is 14.0 Å². The highest BCUT2D eigenvalue weighted by atomic mass is 31.2. The molecule has 3 aliphatic rings. The lowest BCUT2D eigenvalue weighted by molar-refractivity contribution is 0.0709. The van der Waals surface area contributed by atoms with Gasteiger partial charge in [-0.2, -0.15) is 5.11 Å². The molecule has 3 saturated heterocycles. The number of fused-ring (bicyclic) bond motifs is 6. The molecule has 0 saturated carbocycles. The Morgan fingerprint density at radius 3 is 1.33 bits per heavy atom. The van der Waals surface area contributed by atoms with E-state index in [4.69, 9.17) is 23.4 Å². The van der Waals surface area contributed by atoms with E-state index in [0.29, 0.717) is 26.4 Å². The van der Waals surface area contributed by atoms with Crippen LogP contribution < -0.4 is 0 Å². The molecule has 0 N–H and O–H groups in total. The topological polar surface area (TPSA) is 77.7 Å². The molecule has 3 fully saturated rings. The Labute approximate surface area is 260 Å². The first kappa shape index (κ1) is 38.0. The third kappa shape index (κ3) is 11.9. The molecule has 0 radical (unpaired) electrons. The molecule has 0 spiro atoms. The molecule has 12 heteroatoms. The summed E-state index contributed by atoms with van der Waals surface area (Å²) in [7, 11) is -5.07. The number of rotatable bonds is 14. The molecule has 0 aromatic carbocycles. The molecular formula is C30H66N7O3PSi. The first-order valence-electron chi connectivity index (χ1n) is 16.4. The van der Waals surface area contributed by atoms with E-state index in [0.717, 1.165) is 71.4 Å². The minimum atomic E-state index is -2.69. The zero-order valence-electron chi connectivity index (χ0n) is 29.4. The Balaban J connectivity index is 2.55. The minimum absolute atomic E-state index is 0.133. The molecule has 0 unspecified atom stereocenters. The van der Waals surface area contributed by atoms with Crippen molar-refractivity contribution >= 4 is 16.3 Å². The first-order chi connectivity index (χ1) is 19.5. The molecule has 0 aromatic heterocycles. The average molecular weight is 632 g/mol. The summed E-state index contributed by atoms with van der Waals surface area (Å²) in [6.45, 7) is 38.6. The summed E-state index contributed by atoms with van der Waals surface area (Å²) in [5, 5.41) is 9.41.